The summed E-state index contributed by atoms with van der Waals surface area (Å²) in [5.41, 5.74) is 0.571. The number of hydrogen-bond acceptors (Lipinski definition) is 5. The number of ether oxygens (including phenoxy) is 1. The van der Waals surface area contributed by atoms with Crippen molar-refractivity contribution < 1.29 is 9.53 Å². The molecule has 1 N–H and O–H groups in total. The van der Waals surface area contributed by atoms with E-state index in [4.69, 9.17) is 4.74 Å². The van der Waals surface area contributed by atoms with E-state index in [1.807, 2.05) is 18.2 Å². The minimum Gasteiger partial charge on any atom is -0.480 e. The number of carbonyl (C=O) groups excluding carboxylic acids is 1. The summed E-state index contributed by atoms with van der Waals surface area (Å²) in [6.45, 7) is 0. The van der Waals surface area contributed by atoms with Crippen LogP contribution in [0.4, 0.5) is 5.69 Å². The van der Waals surface area contributed by atoms with Crippen LogP contribution < -0.4 is 10.1 Å². The SMILES string of the molecule is COc1ncccc1NC(=O)c1cc2sc3ccccc3c2s1. The van der Waals surface area contributed by atoms with Crippen LogP contribution in [-0.4, -0.2) is 18.0 Å². The van der Waals surface area contributed by atoms with Gasteiger partial charge in [-0.25, -0.2) is 4.98 Å². The fourth-order valence-corrected chi connectivity index (χ4v) is 4.86. The Bertz CT molecular complexity index is 1020. The van der Waals surface area contributed by atoms with Crippen molar-refractivity contribution in [2.45, 2.75) is 0 Å². The van der Waals surface area contributed by atoms with Gasteiger partial charge >= 0.3 is 0 Å². The largest absolute Gasteiger partial charge is 0.480 e. The van der Waals surface area contributed by atoms with Gasteiger partial charge in [0.2, 0.25) is 5.88 Å². The predicted octanol–water partition coefficient (Wildman–Crippen LogP) is 4.77. The zero-order valence-corrected chi connectivity index (χ0v) is 13.8. The van der Waals surface area contributed by atoms with Crippen LogP contribution in [0.15, 0.2) is 48.7 Å². The molecule has 0 aliphatic heterocycles. The van der Waals surface area contributed by atoms with Gasteiger partial charge < -0.3 is 10.1 Å². The Labute approximate surface area is 140 Å². The van der Waals surface area contributed by atoms with Crippen molar-refractivity contribution in [2.75, 3.05) is 12.4 Å². The molecule has 0 saturated carbocycles. The molecule has 6 heteroatoms. The van der Waals surface area contributed by atoms with Gasteiger partial charge in [0.25, 0.3) is 5.91 Å². The van der Waals surface area contributed by atoms with Crippen molar-refractivity contribution in [3.8, 4) is 5.88 Å². The number of carbonyl (C=O) groups is 1. The summed E-state index contributed by atoms with van der Waals surface area (Å²) in [4.78, 5) is 17.3. The average molecular weight is 340 g/mol. The number of rotatable bonds is 3. The first-order valence-corrected chi connectivity index (χ1v) is 8.61. The third-order valence-corrected chi connectivity index (χ3v) is 5.90. The zero-order valence-electron chi connectivity index (χ0n) is 12.2. The maximum Gasteiger partial charge on any atom is 0.265 e. The number of amides is 1. The van der Waals surface area contributed by atoms with Crippen molar-refractivity contribution >= 4 is 53.8 Å². The van der Waals surface area contributed by atoms with Crippen molar-refractivity contribution in [1.82, 2.24) is 4.98 Å². The van der Waals surface area contributed by atoms with Crippen LogP contribution in [0, 0.1) is 0 Å². The number of benzene rings is 1. The number of hydrogen-bond donors (Lipinski definition) is 1. The molecule has 4 aromatic rings. The Morgan fingerprint density at radius 2 is 2.00 bits per heavy atom. The maximum absolute atomic E-state index is 12.5. The molecule has 0 bridgehead atoms. The second-order valence-electron chi connectivity index (χ2n) is 4.92. The van der Waals surface area contributed by atoms with Gasteiger partial charge in [0.05, 0.1) is 16.7 Å². The van der Waals surface area contributed by atoms with E-state index in [1.165, 1.54) is 28.5 Å². The first-order valence-electron chi connectivity index (χ1n) is 6.97. The number of aromatic nitrogens is 1. The molecule has 3 aromatic heterocycles. The third-order valence-electron chi connectivity index (χ3n) is 3.49. The Morgan fingerprint density at radius 1 is 1.13 bits per heavy atom. The number of pyridine rings is 1. The third kappa shape index (κ3) is 2.46. The van der Waals surface area contributed by atoms with Gasteiger partial charge in [-0.2, -0.15) is 0 Å². The van der Waals surface area contributed by atoms with Crippen LogP contribution in [0.1, 0.15) is 9.67 Å². The normalized spacial score (nSPS) is 11.0. The van der Waals surface area contributed by atoms with Gasteiger partial charge in [0.1, 0.15) is 5.69 Å². The molecule has 1 amide bonds. The molecule has 23 heavy (non-hydrogen) atoms. The highest BCUT2D eigenvalue weighted by molar-refractivity contribution is 7.33. The van der Waals surface area contributed by atoms with Crippen LogP contribution in [0.25, 0.3) is 19.5 Å². The fraction of sp³-hybridized carbons (Fsp3) is 0.0588. The Morgan fingerprint density at radius 3 is 2.87 bits per heavy atom. The summed E-state index contributed by atoms with van der Waals surface area (Å²) >= 11 is 3.22. The van der Waals surface area contributed by atoms with Crippen molar-refractivity contribution in [2.24, 2.45) is 0 Å². The number of methoxy groups -OCH3 is 1. The smallest absolute Gasteiger partial charge is 0.265 e. The number of anilines is 1. The van der Waals surface area contributed by atoms with Gasteiger partial charge in [0, 0.05) is 21.0 Å². The second-order valence-corrected chi connectivity index (χ2v) is 7.05. The first-order chi connectivity index (χ1) is 11.3. The Balaban J connectivity index is 1.69. The molecule has 1 aromatic carbocycles. The minimum atomic E-state index is -0.145. The van der Waals surface area contributed by atoms with Gasteiger partial charge in [-0.3, -0.25) is 4.79 Å². The fourth-order valence-electron chi connectivity index (χ4n) is 2.44. The highest BCUT2D eigenvalue weighted by atomic mass is 32.1. The number of nitrogens with zero attached hydrogens (tertiary/aromatic N) is 1. The molecule has 4 nitrogen and oxygen atoms in total. The van der Waals surface area contributed by atoms with Crippen LogP contribution in [0.2, 0.25) is 0 Å². The van der Waals surface area contributed by atoms with E-state index in [1.54, 1.807) is 29.7 Å². The van der Waals surface area contributed by atoms with Crippen molar-refractivity contribution in [3.05, 3.63) is 53.5 Å². The zero-order chi connectivity index (χ0) is 15.8. The topological polar surface area (TPSA) is 51.2 Å². The number of thiophene rings is 2. The van der Waals surface area contributed by atoms with E-state index in [0.29, 0.717) is 16.4 Å². The molecule has 0 saturated heterocycles. The van der Waals surface area contributed by atoms with Gasteiger partial charge in [-0.1, -0.05) is 18.2 Å². The summed E-state index contributed by atoms with van der Waals surface area (Å²) in [6.07, 6.45) is 1.63. The Kier molecular flexibility index (Phi) is 3.48. The minimum absolute atomic E-state index is 0.145. The lowest BCUT2D eigenvalue weighted by Crippen LogP contribution is -2.11. The summed E-state index contributed by atoms with van der Waals surface area (Å²) < 4.78 is 8.71. The quantitative estimate of drug-likeness (QED) is 0.584. The maximum atomic E-state index is 12.5. The van der Waals surface area contributed by atoms with Gasteiger partial charge in [-0.05, 0) is 24.3 Å². The highest BCUT2D eigenvalue weighted by Crippen LogP contribution is 2.39. The molecule has 0 fully saturated rings. The second kappa shape index (κ2) is 5.64. The number of fused-ring (bicyclic) bond motifs is 3. The molecular formula is C17H12N2O2S2. The lowest BCUT2D eigenvalue weighted by Gasteiger charge is -2.07. The molecule has 0 atom stereocenters. The molecule has 0 aliphatic rings. The summed E-state index contributed by atoms with van der Waals surface area (Å²) in [7, 11) is 1.53. The van der Waals surface area contributed by atoms with Gasteiger partial charge in [0.15, 0.2) is 0 Å². The summed E-state index contributed by atoms with van der Waals surface area (Å²) in [6, 6.07) is 13.7. The first kappa shape index (κ1) is 14.2. The van der Waals surface area contributed by atoms with E-state index in [2.05, 4.69) is 22.4 Å². The Hall–Kier alpha value is -2.44. The predicted molar refractivity (Wildman–Crippen MR) is 96.0 cm³/mol. The molecular weight excluding hydrogens is 328 g/mol. The summed E-state index contributed by atoms with van der Waals surface area (Å²) in [5, 5.41) is 4.07. The lowest BCUT2D eigenvalue weighted by molar-refractivity contribution is 0.103. The van der Waals surface area contributed by atoms with Gasteiger partial charge in [-0.15, -0.1) is 22.7 Å². The van der Waals surface area contributed by atoms with E-state index < -0.39 is 0 Å². The van der Waals surface area contributed by atoms with Crippen LogP contribution in [0.3, 0.4) is 0 Å². The average Bonchev–Trinajstić information content (AvgIpc) is 3.13. The summed E-state index contributed by atoms with van der Waals surface area (Å²) in [5.74, 6) is 0.262. The van der Waals surface area contributed by atoms with E-state index in [9.17, 15) is 4.79 Å². The molecule has 0 aliphatic carbocycles. The van der Waals surface area contributed by atoms with E-state index in [0.717, 1.165) is 9.40 Å². The molecule has 0 radical (unpaired) electrons. The molecule has 4 rings (SSSR count). The standard InChI is InChI=1S/C17H12N2O2S2/c1-21-17-11(6-4-8-18-17)19-16(20)14-9-13-15(23-14)10-5-2-3-7-12(10)22-13/h2-9H,1H3,(H,19,20). The van der Waals surface area contributed by atoms with Crippen molar-refractivity contribution in [1.29, 1.82) is 0 Å². The van der Waals surface area contributed by atoms with Crippen LogP contribution in [-0.2, 0) is 0 Å². The lowest BCUT2D eigenvalue weighted by atomic mass is 10.2. The number of nitrogens with one attached hydrogen (secondary N) is 1. The van der Waals surface area contributed by atoms with E-state index >= 15 is 0 Å². The van der Waals surface area contributed by atoms with Crippen molar-refractivity contribution in [3.63, 3.8) is 0 Å². The molecule has 0 unspecified atom stereocenters. The highest BCUT2D eigenvalue weighted by Gasteiger charge is 2.16. The van der Waals surface area contributed by atoms with Crippen LogP contribution >= 0.6 is 22.7 Å². The molecule has 0 spiro atoms. The molecule has 114 valence electrons. The van der Waals surface area contributed by atoms with E-state index in [-0.39, 0.29) is 5.91 Å². The monoisotopic (exact) mass is 340 g/mol. The van der Waals surface area contributed by atoms with Crippen LogP contribution in [0.5, 0.6) is 5.88 Å². The molecule has 3 heterocycles.